The van der Waals surface area contributed by atoms with Gasteiger partial charge in [0, 0.05) is 25.0 Å². The van der Waals surface area contributed by atoms with Crippen molar-refractivity contribution in [3.63, 3.8) is 0 Å². The quantitative estimate of drug-likeness (QED) is 0.596. The summed E-state index contributed by atoms with van der Waals surface area (Å²) in [6, 6.07) is 13.3. The third kappa shape index (κ3) is 4.62. The molecule has 7 heteroatoms. The SMILES string of the molecule is CC(=O)N(C)c1ccc(OCc2cc3cccc(F)c3n2C(=O)OC(C)(C)C)cc1. The summed E-state index contributed by atoms with van der Waals surface area (Å²) in [6.07, 6.45) is -0.667. The number of anilines is 1. The van der Waals surface area contributed by atoms with E-state index in [-0.39, 0.29) is 18.0 Å². The van der Waals surface area contributed by atoms with Gasteiger partial charge in [0.05, 0.1) is 11.2 Å². The number of amides is 1. The highest BCUT2D eigenvalue weighted by Gasteiger charge is 2.24. The lowest BCUT2D eigenvalue weighted by atomic mass is 10.2. The van der Waals surface area contributed by atoms with Crippen molar-refractivity contribution in [2.75, 3.05) is 11.9 Å². The average molecular weight is 412 g/mol. The molecule has 0 aliphatic rings. The predicted molar refractivity (Wildman–Crippen MR) is 113 cm³/mol. The molecule has 0 aliphatic heterocycles. The summed E-state index contributed by atoms with van der Waals surface area (Å²) in [4.78, 5) is 25.8. The summed E-state index contributed by atoms with van der Waals surface area (Å²) in [6.45, 7) is 6.78. The van der Waals surface area contributed by atoms with E-state index in [1.165, 1.54) is 22.5 Å². The second kappa shape index (κ2) is 8.18. The Morgan fingerprint density at radius 1 is 1.10 bits per heavy atom. The van der Waals surface area contributed by atoms with E-state index in [4.69, 9.17) is 9.47 Å². The number of hydrogen-bond acceptors (Lipinski definition) is 4. The molecule has 0 fully saturated rings. The number of aromatic nitrogens is 1. The lowest BCUT2D eigenvalue weighted by molar-refractivity contribution is -0.116. The van der Waals surface area contributed by atoms with Gasteiger partial charge in [-0.2, -0.15) is 0 Å². The zero-order valence-corrected chi connectivity index (χ0v) is 17.7. The smallest absolute Gasteiger partial charge is 0.419 e. The Bertz CT molecular complexity index is 1080. The first-order valence-corrected chi connectivity index (χ1v) is 9.56. The molecule has 3 rings (SSSR count). The first kappa shape index (κ1) is 21.4. The number of para-hydroxylation sites is 1. The zero-order chi connectivity index (χ0) is 22.1. The molecule has 3 aromatic rings. The van der Waals surface area contributed by atoms with Gasteiger partial charge < -0.3 is 14.4 Å². The first-order valence-electron chi connectivity index (χ1n) is 9.56. The number of benzene rings is 2. The van der Waals surface area contributed by atoms with Crippen LogP contribution in [-0.2, 0) is 16.1 Å². The van der Waals surface area contributed by atoms with Crippen molar-refractivity contribution >= 4 is 28.6 Å². The summed E-state index contributed by atoms with van der Waals surface area (Å²) in [5.74, 6) is -0.0361. The third-order valence-corrected chi connectivity index (χ3v) is 4.51. The molecule has 0 radical (unpaired) electrons. The maximum Gasteiger partial charge on any atom is 0.419 e. The van der Waals surface area contributed by atoms with Crippen LogP contribution >= 0.6 is 0 Å². The molecule has 0 N–H and O–H groups in total. The summed E-state index contributed by atoms with van der Waals surface area (Å²) in [7, 11) is 1.69. The molecular formula is C23H25FN2O4. The van der Waals surface area contributed by atoms with E-state index in [0.717, 1.165) is 5.69 Å². The van der Waals surface area contributed by atoms with Crippen LogP contribution in [0.3, 0.4) is 0 Å². The highest BCUT2D eigenvalue weighted by Crippen LogP contribution is 2.26. The number of carbonyl (C=O) groups excluding carboxylic acids is 2. The van der Waals surface area contributed by atoms with E-state index in [1.807, 2.05) is 0 Å². The van der Waals surface area contributed by atoms with Gasteiger partial charge in [0.25, 0.3) is 0 Å². The Morgan fingerprint density at radius 3 is 2.37 bits per heavy atom. The van der Waals surface area contributed by atoms with Crippen LogP contribution < -0.4 is 9.64 Å². The maximum absolute atomic E-state index is 14.5. The van der Waals surface area contributed by atoms with Gasteiger partial charge in [-0.25, -0.2) is 13.8 Å². The topological polar surface area (TPSA) is 60.8 Å². The minimum atomic E-state index is -0.727. The van der Waals surface area contributed by atoms with Crippen molar-refractivity contribution in [3.8, 4) is 5.75 Å². The Kier molecular flexibility index (Phi) is 5.82. The van der Waals surface area contributed by atoms with Crippen LogP contribution in [0.4, 0.5) is 14.9 Å². The Labute approximate surface area is 174 Å². The fraction of sp³-hybridized carbons (Fsp3) is 0.304. The number of ether oxygens (including phenoxy) is 2. The molecule has 1 heterocycles. The van der Waals surface area contributed by atoms with Crippen molar-refractivity contribution in [2.45, 2.75) is 39.9 Å². The second-order valence-electron chi connectivity index (χ2n) is 7.99. The van der Waals surface area contributed by atoms with Crippen molar-refractivity contribution < 1.29 is 23.5 Å². The van der Waals surface area contributed by atoms with Crippen LogP contribution in [0, 0.1) is 5.82 Å². The van der Waals surface area contributed by atoms with Gasteiger partial charge in [0.15, 0.2) is 0 Å². The third-order valence-electron chi connectivity index (χ3n) is 4.51. The molecule has 0 atom stereocenters. The van der Waals surface area contributed by atoms with Gasteiger partial charge in [-0.3, -0.25) is 4.79 Å². The molecule has 1 amide bonds. The normalized spacial score (nSPS) is 11.4. The van der Waals surface area contributed by atoms with Crippen molar-refractivity contribution in [1.82, 2.24) is 4.57 Å². The van der Waals surface area contributed by atoms with Crippen LogP contribution in [0.15, 0.2) is 48.5 Å². The number of fused-ring (bicyclic) bond motifs is 1. The second-order valence-corrected chi connectivity index (χ2v) is 7.99. The summed E-state index contributed by atoms with van der Waals surface area (Å²) >= 11 is 0. The van der Waals surface area contributed by atoms with Crippen molar-refractivity contribution in [1.29, 1.82) is 0 Å². The zero-order valence-electron chi connectivity index (χ0n) is 17.7. The van der Waals surface area contributed by atoms with Gasteiger partial charge in [0.2, 0.25) is 5.91 Å². The number of hydrogen-bond donors (Lipinski definition) is 0. The van der Waals surface area contributed by atoms with E-state index in [1.54, 1.807) is 70.3 Å². The Balaban J connectivity index is 1.89. The average Bonchev–Trinajstić information content (AvgIpc) is 3.05. The lowest BCUT2D eigenvalue weighted by Gasteiger charge is -2.21. The van der Waals surface area contributed by atoms with Gasteiger partial charge in [-0.05, 0) is 57.2 Å². The number of rotatable bonds is 4. The highest BCUT2D eigenvalue weighted by atomic mass is 19.1. The van der Waals surface area contributed by atoms with Gasteiger partial charge in [-0.15, -0.1) is 0 Å². The standard InChI is InChI=1S/C23H25FN2O4/c1-15(27)25(5)17-9-11-19(12-10-17)29-14-18-13-16-7-6-8-20(24)21(16)26(18)22(28)30-23(2,3)4/h6-13H,14H2,1-5H3. The molecule has 0 bridgehead atoms. The molecular weight excluding hydrogens is 387 g/mol. The van der Waals surface area contributed by atoms with E-state index in [9.17, 15) is 14.0 Å². The monoisotopic (exact) mass is 412 g/mol. The highest BCUT2D eigenvalue weighted by molar-refractivity contribution is 5.92. The van der Waals surface area contributed by atoms with E-state index in [2.05, 4.69) is 0 Å². The Hall–Kier alpha value is -3.35. The fourth-order valence-corrected chi connectivity index (χ4v) is 3.00. The van der Waals surface area contributed by atoms with Crippen LogP contribution in [0.1, 0.15) is 33.4 Å². The van der Waals surface area contributed by atoms with Crippen molar-refractivity contribution in [3.05, 3.63) is 60.0 Å². The molecule has 6 nitrogen and oxygen atoms in total. The van der Waals surface area contributed by atoms with E-state index < -0.39 is 17.5 Å². The molecule has 1 aromatic heterocycles. The molecule has 0 aliphatic carbocycles. The van der Waals surface area contributed by atoms with Crippen molar-refractivity contribution in [2.24, 2.45) is 0 Å². The molecule has 0 unspecified atom stereocenters. The number of halogens is 1. The summed E-state index contributed by atoms with van der Waals surface area (Å²) in [5, 5.41) is 0.581. The number of nitrogens with zero attached hydrogens (tertiary/aromatic N) is 2. The fourth-order valence-electron chi connectivity index (χ4n) is 3.00. The summed E-state index contributed by atoms with van der Waals surface area (Å²) in [5.41, 5.74) is 0.633. The largest absolute Gasteiger partial charge is 0.487 e. The van der Waals surface area contributed by atoms with Crippen LogP contribution in [-0.4, -0.2) is 29.2 Å². The molecule has 30 heavy (non-hydrogen) atoms. The van der Waals surface area contributed by atoms with Crippen LogP contribution in [0.2, 0.25) is 0 Å². The molecule has 0 saturated carbocycles. The molecule has 0 spiro atoms. The lowest BCUT2D eigenvalue weighted by Crippen LogP contribution is -2.28. The van der Waals surface area contributed by atoms with Gasteiger partial charge in [0.1, 0.15) is 23.8 Å². The first-order chi connectivity index (χ1) is 14.1. The van der Waals surface area contributed by atoms with Crippen LogP contribution in [0.5, 0.6) is 5.75 Å². The molecule has 158 valence electrons. The minimum absolute atomic E-state index is 0.0370. The van der Waals surface area contributed by atoms with Gasteiger partial charge in [-0.1, -0.05) is 12.1 Å². The molecule has 2 aromatic carbocycles. The van der Waals surface area contributed by atoms with Crippen LogP contribution in [0.25, 0.3) is 10.9 Å². The predicted octanol–water partition coefficient (Wildman–Crippen LogP) is 5.13. The maximum atomic E-state index is 14.5. The van der Waals surface area contributed by atoms with E-state index in [0.29, 0.717) is 16.8 Å². The Morgan fingerprint density at radius 2 is 1.77 bits per heavy atom. The molecule has 0 saturated heterocycles. The summed E-state index contributed by atoms with van der Waals surface area (Å²) < 4.78 is 27.0. The van der Waals surface area contributed by atoms with E-state index >= 15 is 0 Å². The number of carbonyl (C=O) groups is 2. The minimum Gasteiger partial charge on any atom is -0.487 e. The van der Waals surface area contributed by atoms with Gasteiger partial charge >= 0.3 is 6.09 Å².